The highest BCUT2D eigenvalue weighted by Gasteiger charge is 2.33. The normalized spacial score (nSPS) is 21.6. The van der Waals surface area contributed by atoms with Crippen LogP contribution in [-0.4, -0.2) is 59.4 Å². The van der Waals surface area contributed by atoms with Crippen LogP contribution >= 0.6 is 0 Å². The topological polar surface area (TPSA) is 78.7 Å². The highest BCUT2D eigenvalue weighted by atomic mass is 16.3. The van der Waals surface area contributed by atoms with Gasteiger partial charge in [0.25, 0.3) is 0 Å². The van der Waals surface area contributed by atoms with E-state index in [2.05, 4.69) is 10.3 Å². The molecule has 138 valence electrons. The second kappa shape index (κ2) is 6.63. The van der Waals surface area contributed by atoms with Gasteiger partial charge in [0.15, 0.2) is 11.5 Å². The smallest absolute Gasteiger partial charge is 0.318 e. The Labute approximate surface area is 152 Å². The van der Waals surface area contributed by atoms with Crippen molar-refractivity contribution < 1.29 is 14.0 Å². The Morgan fingerprint density at radius 1 is 1.23 bits per heavy atom. The van der Waals surface area contributed by atoms with E-state index in [-0.39, 0.29) is 23.9 Å². The van der Waals surface area contributed by atoms with E-state index in [4.69, 9.17) is 4.42 Å². The summed E-state index contributed by atoms with van der Waals surface area (Å²) in [6.07, 6.45) is 2.31. The molecule has 1 unspecified atom stereocenters. The summed E-state index contributed by atoms with van der Waals surface area (Å²) in [6.45, 7) is 4.00. The second-order valence-corrected chi connectivity index (χ2v) is 7.29. The number of aryl methyl sites for hydroxylation is 1. The van der Waals surface area contributed by atoms with Gasteiger partial charge in [-0.3, -0.25) is 4.79 Å². The van der Waals surface area contributed by atoms with Gasteiger partial charge in [0, 0.05) is 32.6 Å². The molecule has 2 saturated heterocycles. The lowest BCUT2D eigenvalue weighted by molar-refractivity contribution is -0.128. The maximum absolute atomic E-state index is 12.4. The van der Waals surface area contributed by atoms with Gasteiger partial charge in [-0.25, -0.2) is 9.78 Å². The summed E-state index contributed by atoms with van der Waals surface area (Å²) < 4.78 is 5.99. The molecule has 2 aromatic rings. The Morgan fingerprint density at radius 2 is 2.00 bits per heavy atom. The summed E-state index contributed by atoms with van der Waals surface area (Å²) >= 11 is 0. The molecule has 0 aliphatic carbocycles. The number of likely N-dealkylation sites (tertiary alicyclic amines) is 2. The number of nitrogens with zero attached hydrogens (tertiary/aromatic N) is 3. The van der Waals surface area contributed by atoms with E-state index >= 15 is 0 Å². The molecule has 0 saturated carbocycles. The number of hydrogen-bond acceptors (Lipinski definition) is 4. The van der Waals surface area contributed by atoms with E-state index < -0.39 is 0 Å². The lowest BCUT2D eigenvalue weighted by Gasteiger charge is -2.31. The molecule has 7 nitrogen and oxygen atoms in total. The molecule has 2 aliphatic heterocycles. The van der Waals surface area contributed by atoms with Crippen LogP contribution in [0.3, 0.4) is 0 Å². The van der Waals surface area contributed by atoms with Crippen LogP contribution in [0, 0.1) is 6.92 Å². The Kier molecular flexibility index (Phi) is 4.30. The van der Waals surface area contributed by atoms with Gasteiger partial charge in [-0.2, -0.15) is 0 Å². The highest BCUT2D eigenvalue weighted by Crippen LogP contribution is 2.31. The predicted molar refractivity (Wildman–Crippen MR) is 96.9 cm³/mol. The number of oxazole rings is 1. The summed E-state index contributed by atoms with van der Waals surface area (Å²) in [5.74, 6) is 0.988. The maximum Gasteiger partial charge on any atom is 0.318 e. The molecule has 1 N–H and O–H groups in total. The summed E-state index contributed by atoms with van der Waals surface area (Å²) in [7, 11) is 1.77. The van der Waals surface area contributed by atoms with Crippen molar-refractivity contribution in [1.82, 2.24) is 20.1 Å². The van der Waals surface area contributed by atoms with Crippen LogP contribution in [0.5, 0.6) is 0 Å². The van der Waals surface area contributed by atoms with Crippen molar-refractivity contribution in [3.8, 4) is 0 Å². The van der Waals surface area contributed by atoms with E-state index in [1.165, 1.54) is 0 Å². The lowest BCUT2D eigenvalue weighted by Crippen LogP contribution is -2.49. The first kappa shape index (κ1) is 16.9. The molecule has 3 amide bonds. The molecule has 2 aliphatic rings. The van der Waals surface area contributed by atoms with Crippen LogP contribution in [0.25, 0.3) is 11.1 Å². The number of fused-ring (bicyclic) bond motifs is 1. The quantitative estimate of drug-likeness (QED) is 0.895. The van der Waals surface area contributed by atoms with E-state index in [0.29, 0.717) is 26.1 Å². The molecule has 2 fully saturated rings. The Morgan fingerprint density at radius 3 is 2.65 bits per heavy atom. The molecular weight excluding hydrogens is 332 g/mol. The summed E-state index contributed by atoms with van der Waals surface area (Å²) in [5, 5.41) is 2.87. The zero-order chi connectivity index (χ0) is 18.3. The summed E-state index contributed by atoms with van der Waals surface area (Å²) in [6, 6.07) is 5.44. The van der Waals surface area contributed by atoms with Crippen LogP contribution in [-0.2, 0) is 4.79 Å². The van der Waals surface area contributed by atoms with Gasteiger partial charge in [0.1, 0.15) is 11.6 Å². The zero-order valence-corrected chi connectivity index (χ0v) is 15.2. The van der Waals surface area contributed by atoms with E-state index in [1.54, 1.807) is 16.8 Å². The van der Waals surface area contributed by atoms with Crippen molar-refractivity contribution in [1.29, 1.82) is 0 Å². The number of nitrogens with one attached hydrogen (secondary N) is 1. The monoisotopic (exact) mass is 356 g/mol. The minimum absolute atomic E-state index is 0.00455. The van der Waals surface area contributed by atoms with Gasteiger partial charge in [-0.1, -0.05) is 12.1 Å². The van der Waals surface area contributed by atoms with Gasteiger partial charge < -0.3 is 19.5 Å². The number of amides is 3. The maximum atomic E-state index is 12.4. The largest absolute Gasteiger partial charge is 0.440 e. The van der Waals surface area contributed by atoms with Crippen LogP contribution < -0.4 is 5.32 Å². The molecule has 0 radical (unpaired) electrons. The fourth-order valence-corrected chi connectivity index (χ4v) is 3.80. The number of hydrogen-bond donors (Lipinski definition) is 1. The van der Waals surface area contributed by atoms with Crippen LogP contribution in [0.1, 0.15) is 36.6 Å². The van der Waals surface area contributed by atoms with Crippen LogP contribution in [0.4, 0.5) is 4.79 Å². The number of carbonyl (C=O) groups excluding carboxylic acids is 2. The first-order valence-electron chi connectivity index (χ1n) is 9.19. The average Bonchev–Trinajstić information content (AvgIpc) is 3.22. The molecule has 7 heteroatoms. The summed E-state index contributed by atoms with van der Waals surface area (Å²) in [5.41, 5.74) is 2.83. The molecule has 1 atom stereocenters. The number of likely N-dealkylation sites (N-methyl/N-ethyl adjacent to an activating group) is 1. The van der Waals surface area contributed by atoms with Gasteiger partial charge in [0.05, 0.1) is 0 Å². The standard InChI is InChI=1S/C19H24N4O3/c1-12-4-3-5-14-16(12)26-17(20-14)13-6-10-23(11-7-13)19(25)21-15-8-9-22(2)18(15)24/h3-5,13,15H,6-11H2,1-2H3,(H,21,25). The van der Waals surface area contributed by atoms with Gasteiger partial charge >= 0.3 is 6.03 Å². The average molecular weight is 356 g/mol. The van der Waals surface area contributed by atoms with Crippen molar-refractivity contribution in [3.05, 3.63) is 29.7 Å². The molecule has 0 bridgehead atoms. The summed E-state index contributed by atoms with van der Waals surface area (Å²) in [4.78, 5) is 32.5. The van der Waals surface area contributed by atoms with Crippen molar-refractivity contribution in [3.63, 3.8) is 0 Å². The van der Waals surface area contributed by atoms with E-state index in [1.807, 2.05) is 25.1 Å². The van der Waals surface area contributed by atoms with Crippen molar-refractivity contribution >= 4 is 23.0 Å². The van der Waals surface area contributed by atoms with Crippen molar-refractivity contribution in [2.75, 3.05) is 26.7 Å². The molecule has 1 aromatic carbocycles. The van der Waals surface area contributed by atoms with Crippen LogP contribution in [0.2, 0.25) is 0 Å². The van der Waals surface area contributed by atoms with E-state index in [0.717, 1.165) is 35.4 Å². The predicted octanol–water partition coefficient (Wildman–Crippen LogP) is 2.26. The number of rotatable bonds is 2. The molecule has 26 heavy (non-hydrogen) atoms. The number of benzene rings is 1. The Hall–Kier alpha value is -2.57. The van der Waals surface area contributed by atoms with Gasteiger partial charge in [0.2, 0.25) is 5.91 Å². The number of piperidine rings is 1. The Balaban J connectivity index is 1.36. The highest BCUT2D eigenvalue weighted by molar-refractivity contribution is 5.88. The first-order chi connectivity index (χ1) is 12.5. The minimum Gasteiger partial charge on any atom is -0.440 e. The molecular formula is C19H24N4O3. The fraction of sp³-hybridized carbons (Fsp3) is 0.526. The van der Waals surface area contributed by atoms with E-state index in [9.17, 15) is 9.59 Å². The van der Waals surface area contributed by atoms with Gasteiger partial charge in [-0.05, 0) is 37.8 Å². The SMILES string of the molecule is Cc1cccc2nc(C3CCN(C(=O)NC4CCN(C)C4=O)CC3)oc12. The van der Waals surface area contributed by atoms with Crippen LogP contribution in [0.15, 0.2) is 22.6 Å². The third-order valence-corrected chi connectivity index (χ3v) is 5.49. The third-order valence-electron chi connectivity index (χ3n) is 5.49. The Bertz CT molecular complexity index is 838. The first-order valence-corrected chi connectivity index (χ1v) is 9.19. The third kappa shape index (κ3) is 3.02. The van der Waals surface area contributed by atoms with Gasteiger partial charge in [-0.15, -0.1) is 0 Å². The zero-order valence-electron chi connectivity index (χ0n) is 15.2. The fourth-order valence-electron chi connectivity index (χ4n) is 3.80. The molecule has 0 spiro atoms. The number of carbonyl (C=O) groups is 2. The molecule has 4 rings (SSSR count). The molecule has 3 heterocycles. The van der Waals surface area contributed by atoms with Crippen molar-refractivity contribution in [2.45, 2.75) is 38.1 Å². The number of para-hydroxylation sites is 1. The van der Waals surface area contributed by atoms with Crippen molar-refractivity contribution in [2.24, 2.45) is 0 Å². The number of aromatic nitrogens is 1. The lowest BCUT2D eigenvalue weighted by atomic mass is 9.97. The number of urea groups is 1. The molecule has 1 aromatic heterocycles. The second-order valence-electron chi connectivity index (χ2n) is 7.29. The minimum atomic E-state index is -0.384.